The number of hydrogen-bond acceptors (Lipinski definition) is 6. The van der Waals surface area contributed by atoms with E-state index in [4.69, 9.17) is 18.6 Å². The van der Waals surface area contributed by atoms with Crippen molar-refractivity contribution >= 4 is 28.2 Å². The van der Waals surface area contributed by atoms with E-state index in [2.05, 4.69) is 15.9 Å². The lowest BCUT2D eigenvalue weighted by Gasteiger charge is -2.12. The van der Waals surface area contributed by atoms with Crippen LogP contribution in [0.5, 0.6) is 11.5 Å². The van der Waals surface area contributed by atoms with Crippen molar-refractivity contribution < 1.29 is 28.2 Å². The first-order valence-corrected chi connectivity index (χ1v) is 7.99. The molecule has 0 aliphatic heterocycles. The molecule has 0 radical (unpaired) electrons. The predicted octanol–water partition coefficient (Wildman–Crippen LogP) is 4.01. The largest absolute Gasteiger partial charge is 0.493 e. The molecule has 128 valence electrons. The molecule has 6 nitrogen and oxygen atoms in total. The van der Waals surface area contributed by atoms with Crippen molar-refractivity contribution in [1.82, 2.24) is 0 Å². The predicted molar refractivity (Wildman–Crippen MR) is 89.7 cm³/mol. The normalized spacial score (nSPS) is 10.5. The molecule has 2 rings (SSSR count). The molecule has 1 aromatic carbocycles. The Morgan fingerprint density at radius 3 is 2.67 bits per heavy atom. The minimum Gasteiger partial charge on any atom is -0.493 e. The second-order valence-electron chi connectivity index (χ2n) is 5.13. The Kier molecular flexibility index (Phi) is 6.03. The number of aldehydes is 1. The van der Waals surface area contributed by atoms with E-state index in [0.29, 0.717) is 33.6 Å². The zero-order valence-electron chi connectivity index (χ0n) is 13.5. The molecule has 24 heavy (non-hydrogen) atoms. The first kappa shape index (κ1) is 18.1. The van der Waals surface area contributed by atoms with E-state index < -0.39 is 5.97 Å². The summed E-state index contributed by atoms with van der Waals surface area (Å²) >= 11 is 3.32. The Balaban J connectivity index is 2.13. The molecule has 1 heterocycles. The second kappa shape index (κ2) is 8.01. The van der Waals surface area contributed by atoms with Crippen LogP contribution in [0.2, 0.25) is 0 Å². The van der Waals surface area contributed by atoms with Gasteiger partial charge in [-0.05, 0) is 54.0 Å². The van der Waals surface area contributed by atoms with Gasteiger partial charge in [0.1, 0.15) is 12.4 Å². The maximum absolute atomic E-state index is 11.8. The lowest BCUT2D eigenvalue weighted by atomic mass is 10.2. The Bertz CT molecular complexity index is 735. The van der Waals surface area contributed by atoms with E-state index in [9.17, 15) is 9.59 Å². The van der Waals surface area contributed by atoms with Gasteiger partial charge >= 0.3 is 5.97 Å². The summed E-state index contributed by atoms with van der Waals surface area (Å²) in [6.45, 7) is 3.58. The average molecular weight is 397 g/mol. The van der Waals surface area contributed by atoms with Gasteiger partial charge in [0.2, 0.25) is 5.76 Å². The highest BCUT2D eigenvalue weighted by Gasteiger charge is 2.17. The standard InChI is InChI=1S/C17H17BrO6/c1-10(2)23-17(20)14-7-5-12(24-14)9-22-16-13(21-3)6-4-11(8-19)15(16)18/h4-8,10H,9H2,1-3H3. The lowest BCUT2D eigenvalue weighted by Crippen LogP contribution is -2.10. The van der Waals surface area contributed by atoms with Gasteiger partial charge < -0.3 is 18.6 Å². The molecule has 7 heteroatoms. The number of hydrogen-bond donors (Lipinski definition) is 0. The van der Waals surface area contributed by atoms with E-state index in [1.54, 1.807) is 32.0 Å². The number of methoxy groups -OCH3 is 1. The van der Waals surface area contributed by atoms with E-state index in [0.717, 1.165) is 0 Å². The molecule has 0 fully saturated rings. The lowest BCUT2D eigenvalue weighted by molar-refractivity contribution is 0.0337. The maximum Gasteiger partial charge on any atom is 0.374 e. The third kappa shape index (κ3) is 4.17. The molecule has 0 spiro atoms. The minimum absolute atomic E-state index is 0.0617. The van der Waals surface area contributed by atoms with E-state index >= 15 is 0 Å². The van der Waals surface area contributed by atoms with Crippen LogP contribution in [-0.4, -0.2) is 25.5 Å². The smallest absolute Gasteiger partial charge is 0.374 e. The van der Waals surface area contributed by atoms with Crippen molar-refractivity contribution in [1.29, 1.82) is 0 Å². The van der Waals surface area contributed by atoms with Gasteiger partial charge in [0, 0.05) is 5.56 Å². The van der Waals surface area contributed by atoms with Crippen LogP contribution in [0.25, 0.3) is 0 Å². The van der Waals surface area contributed by atoms with Gasteiger partial charge in [0.15, 0.2) is 17.8 Å². The van der Waals surface area contributed by atoms with E-state index in [1.165, 1.54) is 13.2 Å². The molecule has 0 saturated heterocycles. The number of esters is 1. The van der Waals surface area contributed by atoms with Crippen molar-refractivity contribution in [3.63, 3.8) is 0 Å². The van der Waals surface area contributed by atoms with Gasteiger partial charge in [-0.2, -0.15) is 0 Å². The van der Waals surface area contributed by atoms with Crippen molar-refractivity contribution in [2.75, 3.05) is 7.11 Å². The summed E-state index contributed by atoms with van der Waals surface area (Å²) < 4.78 is 21.9. The molecule has 0 aliphatic rings. The summed E-state index contributed by atoms with van der Waals surface area (Å²) in [5, 5.41) is 0. The van der Waals surface area contributed by atoms with Crippen molar-refractivity contribution in [3.8, 4) is 11.5 Å². The molecule has 0 N–H and O–H groups in total. The van der Waals surface area contributed by atoms with Crippen molar-refractivity contribution in [3.05, 3.63) is 45.8 Å². The molecule has 0 bridgehead atoms. The monoisotopic (exact) mass is 396 g/mol. The van der Waals surface area contributed by atoms with E-state index in [1.807, 2.05) is 0 Å². The number of carbonyl (C=O) groups is 2. The third-order valence-corrected chi connectivity index (χ3v) is 3.82. The zero-order valence-corrected chi connectivity index (χ0v) is 15.1. The number of halogens is 1. The molecule has 0 unspecified atom stereocenters. The molecule has 0 amide bonds. The van der Waals surface area contributed by atoms with Crippen LogP contribution in [0.15, 0.2) is 33.2 Å². The SMILES string of the molecule is COc1ccc(C=O)c(Br)c1OCc1ccc(C(=O)OC(C)C)o1. The second-order valence-corrected chi connectivity index (χ2v) is 5.92. The summed E-state index contributed by atoms with van der Waals surface area (Å²) in [7, 11) is 1.50. The first-order valence-electron chi connectivity index (χ1n) is 7.20. The Morgan fingerprint density at radius 1 is 1.29 bits per heavy atom. The van der Waals surface area contributed by atoms with Crippen molar-refractivity contribution in [2.45, 2.75) is 26.6 Å². The molecular formula is C17H17BrO6. The van der Waals surface area contributed by atoms with Crippen LogP contribution >= 0.6 is 15.9 Å². The highest BCUT2D eigenvalue weighted by atomic mass is 79.9. The fourth-order valence-electron chi connectivity index (χ4n) is 1.92. The number of ether oxygens (including phenoxy) is 3. The molecule has 0 aliphatic carbocycles. The number of rotatable bonds is 7. The molecule has 1 aromatic heterocycles. The zero-order chi connectivity index (χ0) is 17.7. The van der Waals surface area contributed by atoms with Gasteiger partial charge in [-0.3, -0.25) is 4.79 Å². The van der Waals surface area contributed by atoms with Crippen LogP contribution < -0.4 is 9.47 Å². The summed E-state index contributed by atoms with van der Waals surface area (Å²) in [4.78, 5) is 22.8. The first-order chi connectivity index (χ1) is 11.5. The summed E-state index contributed by atoms with van der Waals surface area (Å²) in [5.41, 5.74) is 0.437. The highest BCUT2D eigenvalue weighted by molar-refractivity contribution is 9.10. The van der Waals surface area contributed by atoms with Gasteiger partial charge in [0.25, 0.3) is 0 Å². The maximum atomic E-state index is 11.8. The van der Waals surface area contributed by atoms with Gasteiger partial charge in [0.05, 0.1) is 17.7 Å². The molecule has 2 aromatic rings. The minimum atomic E-state index is -0.530. The Labute approximate surface area is 147 Å². The summed E-state index contributed by atoms with van der Waals surface area (Å²) in [5.74, 6) is 0.868. The van der Waals surface area contributed by atoms with Crippen LogP contribution in [0.4, 0.5) is 0 Å². The molecule has 0 atom stereocenters. The fraction of sp³-hybridized carbons (Fsp3) is 0.294. The number of carbonyl (C=O) groups excluding carboxylic acids is 2. The van der Waals surface area contributed by atoms with Gasteiger partial charge in [-0.25, -0.2) is 4.79 Å². The van der Waals surface area contributed by atoms with Crippen LogP contribution in [0.1, 0.15) is 40.5 Å². The van der Waals surface area contributed by atoms with Crippen LogP contribution in [0, 0.1) is 0 Å². The Morgan fingerprint density at radius 2 is 2.04 bits per heavy atom. The van der Waals surface area contributed by atoms with E-state index in [-0.39, 0.29) is 18.5 Å². The highest BCUT2D eigenvalue weighted by Crippen LogP contribution is 2.37. The van der Waals surface area contributed by atoms with Gasteiger partial charge in [-0.1, -0.05) is 0 Å². The fourth-order valence-corrected chi connectivity index (χ4v) is 2.46. The van der Waals surface area contributed by atoms with Gasteiger partial charge in [-0.15, -0.1) is 0 Å². The van der Waals surface area contributed by atoms with Crippen LogP contribution in [0.3, 0.4) is 0 Å². The van der Waals surface area contributed by atoms with Crippen molar-refractivity contribution in [2.24, 2.45) is 0 Å². The average Bonchev–Trinajstić information content (AvgIpc) is 3.02. The number of furan rings is 1. The molecule has 0 saturated carbocycles. The topological polar surface area (TPSA) is 75.0 Å². The third-order valence-electron chi connectivity index (χ3n) is 3.00. The summed E-state index contributed by atoms with van der Waals surface area (Å²) in [6.07, 6.45) is 0.483. The quantitative estimate of drug-likeness (QED) is 0.519. The summed E-state index contributed by atoms with van der Waals surface area (Å²) in [6, 6.07) is 6.41. The van der Waals surface area contributed by atoms with Crippen LogP contribution in [-0.2, 0) is 11.3 Å². The molecular weight excluding hydrogens is 380 g/mol. The number of benzene rings is 1. The Hall–Kier alpha value is -2.28.